The maximum absolute atomic E-state index is 13.1. The van der Waals surface area contributed by atoms with Gasteiger partial charge in [-0.05, 0) is 59.5 Å². The molecule has 32 heavy (non-hydrogen) atoms. The molecule has 0 saturated heterocycles. The quantitative estimate of drug-likeness (QED) is 0.574. The summed E-state index contributed by atoms with van der Waals surface area (Å²) in [6.07, 6.45) is 0.697. The van der Waals surface area contributed by atoms with Crippen LogP contribution in [0.2, 0.25) is 0 Å². The van der Waals surface area contributed by atoms with Gasteiger partial charge in [0.25, 0.3) is 5.91 Å². The van der Waals surface area contributed by atoms with E-state index < -0.39 is 10.0 Å². The molecule has 0 aromatic heterocycles. The fourth-order valence-electron chi connectivity index (χ4n) is 3.89. The van der Waals surface area contributed by atoms with E-state index >= 15 is 0 Å². The van der Waals surface area contributed by atoms with E-state index in [4.69, 9.17) is 4.74 Å². The number of benzene rings is 3. The van der Waals surface area contributed by atoms with Crippen molar-refractivity contribution in [1.29, 1.82) is 0 Å². The third-order valence-corrected chi connectivity index (χ3v) is 7.62. The summed E-state index contributed by atoms with van der Waals surface area (Å²) >= 11 is 0. The average molecular weight is 451 g/mol. The second kappa shape index (κ2) is 9.14. The molecule has 4 rings (SSSR count). The minimum atomic E-state index is -3.63. The lowest BCUT2D eigenvalue weighted by Crippen LogP contribution is -2.36. The Kier molecular flexibility index (Phi) is 6.30. The minimum absolute atomic E-state index is 0.170. The van der Waals surface area contributed by atoms with Gasteiger partial charge in [-0.1, -0.05) is 36.4 Å². The first-order chi connectivity index (χ1) is 15.4. The molecule has 1 aliphatic heterocycles. The van der Waals surface area contributed by atoms with Crippen molar-refractivity contribution in [2.75, 3.05) is 20.7 Å². The topological polar surface area (TPSA) is 66.9 Å². The number of methoxy groups -OCH3 is 1. The minimum Gasteiger partial charge on any atom is -0.497 e. The molecule has 7 heteroatoms. The number of nitrogens with zero attached hydrogens (tertiary/aromatic N) is 2. The highest BCUT2D eigenvalue weighted by Crippen LogP contribution is 2.25. The third-order valence-electron chi connectivity index (χ3n) is 5.76. The maximum Gasteiger partial charge on any atom is 0.253 e. The first-order valence-electron chi connectivity index (χ1n) is 10.4. The average Bonchev–Trinajstić information content (AvgIpc) is 2.83. The van der Waals surface area contributed by atoms with E-state index in [9.17, 15) is 13.2 Å². The molecule has 0 N–H and O–H groups in total. The molecule has 0 spiro atoms. The summed E-state index contributed by atoms with van der Waals surface area (Å²) < 4.78 is 32.9. The van der Waals surface area contributed by atoms with Gasteiger partial charge in [0.1, 0.15) is 5.75 Å². The van der Waals surface area contributed by atoms with Gasteiger partial charge in [-0.15, -0.1) is 0 Å². The van der Waals surface area contributed by atoms with Gasteiger partial charge in [0.05, 0.1) is 12.0 Å². The van der Waals surface area contributed by atoms with Crippen LogP contribution in [-0.2, 0) is 29.5 Å². The van der Waals surface area contributed by atoms with Gasteiger partial charge in [-0.2, -0.15) is 4.31 Å². The number of hydrogen-bond acceptors (Lipinski definition) is 4. The molecule has 0 fully saturated rings. The third kappa shape index (κ3) is 4.54. The molecule has 3 aromatic carbocycles. The highest BCUT2D eigenvalue weighted by atomic mass is 32.2. The van der Waals surface area contributed by atoms with Gasteiger partial charge in [0.15, 0.2) is 0 Å². The van der Waals surface area contributed by atoms with Crippen LogP contribution in [0.15, 0.2) is 77.7 Å². The van der Waals surface area contributed by atoms with E-state index in [1.807, 2.05) is 48.5 Å². The highest BCUT2D eigenvalue weighted by molar-refractivity contribution is 7.89. The normalized spacial score (nSPS) is 13.9. The Hall–Kier alpha value is -3.16. The van der Waals surface area contributed by atoms with Gasteiger partial charge in [0, 0.05) is 32.2 Å². The molecule has 3 aromatic rings. The molecule has 6 nitrogen and oxygen atoms in total. The Morgan fingerprint density at radius 1 is 0.969 bits per heavy atom. The number of fused-ring (bicyclic) bond motifs is 1. The number of amides is 1. The highest BCUT2D eigenvalue weighted by Gasteiger charge is 2.28. The van der Waals surface area contributed by atoms with E-state index in [-0.39, 0.29) is 10.8 Å². The summed E-state index contributed by atoms with van der Waals surface area (Å²) in [7, 11) is -0.292. The van der Waals surface area contributed by atoms with Crippen LogP contribution in [0.4, 0.5) is 0 Å². The van der Waals surface area contributed by atoms with Crippen LogP contribution in [0.3, 0.4) is 0 Å². The van der Waals surface area contributed by atoms with Crippen LogP contribution in [0.25, 0.3) is 0 Å². The van der Waals surface area contributed by atoms with Gasteiger partial charge in [-0.25, -0.2) is 8.42 Å². The fourth-order valence-corrected chi connectivity index (χ4v) is 5.31. The van der Waals surface area contributed by atoms with Crippen LogP contribution < -0.4 is 4.74 Å². The van der Waals surface area contributed by atoms with Crippen LogP contribution in [0.1, 0.15) is 27.0 Å². The maximum atomic E-state index is 13.1. The monoisotopic (exact) mass is 450 g/mol. The molecule has 0 unspecified atom stereocenters. The van der Waals surface area contributed by atoms with Crippen molar-refractivity contribution in [2.45, 2.75) is 24.4 Å². The van der Waals surface area contributed by atoms with Crippen LogP contribution in [0, 0.1) is 0 Å². The number of carbonyl (C=O) groups is 1. The Bertz CT molecular complexity index is 1210. The molecule has 0 bridgehead atoms. The summed E-state index contributed by atoms with van der Waals surface area (Å²) in [6.45, 7) is 1.25. The summed E-state index contributed by atoms with van der Waals surface area (Å²) in [4.78, 5) is 14.6. The second-order valence-electron chi connectivity index (χ2n) is 7.89. The fraction of sp³-hybridized carbons (Fsp3) is 0.240. The van der Waals surface area contributed by atoms with Gasteiger partial charge >= 0.3 is 0 Å². The zero-order valence-electron chi connectivity index (χ0n) is 18.2. The summed E-state index contributed by atoms with van der Waals surface area (Å²) in [6, 6.07) is 21.6. The molecule has 1 heterocycles. The lowest BCUT2D eigenvalue weighted by atomic mass is 10.0. The van der Waals surface area contributed by atoms with Crippen LogP contribution in [-0.4, -0.2) is 44.2 Å². The number of rotatable bonds is 6. The van der Waals surface area contributed by atoms with Gasteiger partial charge < -0.3 is 9.64 Å². The molecular formula is C25H26N2O4S. The summed E-state index contributed by atoms with van der Waals surface area (Å²) in [5, 5.41) is 0. The molecule has 0 radical (unpaired) electrons. The van der Waals surface area contributed by atoms with Crippen molar-refractivity contribution in [3.8, 4) is 5.75 Å². The zero-order valence-corrected chi connectivity index (χ0v) is 19.0. The van der Waals surface area contributed by atoms with E-state index in [1.165, 1.54) is 22.0 Å². The smallest absolute Gasteiger partial charge is 0.253 e. The van der Waals surface area contributed by atoms with E-state index in [0.717, 1.165) is 16.9 Å². The van der Waals surface area contributed by atoms with Gasteiger partial charge in [-0.3, -0.25) is 4.79 Å². The first-order valence-corrected chi connectivity index (χ1v) is 11.9. The van der Waals surface area contributed by atoms with E-state index in [1.54, 1.807) is 31.2 Å². The number of sulfonamides is 1. The largest absolute Gasteiger partial charge is 0.497 e. The van der Waals surface area contributed by atoms with Crippen LogP contribution in [0.5, 0.6) is 5.75 Å². The van der Waals surface area contributed by atoms with Crippen molar-refractivity contribution in [3.05, 3.63) is 95.1 Å². The Morgan fingerprint density at radius 3 is 2.28 bits per heavy atom. The summed E-state index contributed by atoms with van der Waals surface area (Å²) in [5.74, 6) is 0.591. The number of carbonyl (C=O) groups excluding carboxylic acids is 1. The Labute approximate surface area is 189 Å². The first kappa shape index (κ1) is 22.0. The SMILES string of the molecule is COc1ccc(CN(C)C(=O)c2ccc(S(=O)(=O)N3CCc4ccccc4C3)cc2)cc1. The molecule has 1 aliphatic rings. The summed E-state index contributed by atoms with van der Waals surface area (Å²) in [5.41, 5.74) is 3.66. The number of ether oxygens (including phenoxy) is 1. The lowest BCUT2D eigenvalue weighted by molar-refractivity contribution is 0.0785. The van der Waals surface area contributed by atoms with Crippen molar-refractivity contribution < 1.29 is 17.9 Å². The molecule has 0 aliphatic carbocycles. The molecule has 0 atom stereocenters. The zero-order chi connectivity index (χ0) is 22.7. The van der Waals surface area contributed by atoms with Crippen molar-refractivity contribution in [1.82, 2.24) is 9.21 Å². The Morgan fingerprint density at radius 2 is 1.62 bits per heavy atom. The predicted octanol–water partition coefficient (Wildman–Crippen LogP) is 3.71. The lowest BCUT2D eigenvalue weighted by Gasteiger charge is -2.28. The number of hydrogen-bond donors (Lipinski definition) is 0. The molecule has 0 saturated carbocycles. The molecular weight excluding hydrogens is 424 g/mol. The second-order valence-corrected chi connectivity index (χ2v) is 9.83. The van der Waals surface area contributed by atoms with E-state index in [0.29, 0.717) is 31.6 Å². The van der Waals surface area contributed by atoms with Crippen molar-refractivity contribution in [2.24, 2.45) is 0 Å². The molecule has 166 valence electrons. The Balaban J connectivity index is 1.45. The van der Waals surface area contributed by atoms with Gasteiger partial charge in [0.2, 0.25) is 10.0 Å². The standard InChI is InChI=1S/C25H26N2O4S/c1-26(17-19-7-11-23(31-2)12-8-19)25(28)21-9-13-24(14-10-21)32(29,30)27-16-15-20-5-3-4-6-22(20)18-27/h3-14H,15-18H2,1-2H3. The van der Waals surface area contributed by atoms with Crippen molar-refractivity contribution in [3.63, 3.8) is 0 Å². The van der Waals surface area contributed by atoms with E-state index in [2.05, 4.69) is 0 Å². The molecule has 1 amide bonds. The van der Waals surface area contributed by atoms with Crippen molar-refractivity contribution >= 4 is 15.9 Å². The van der Waals surface area contributed by atoms with Crippen LogP contribution >= 0.6 is 0 Å². The predicted molar refractivity (Wildman–Crippen MR) is 123 cm³/mol.